The van der Waals surface area contributed by atoms with E-state index < -0.39 is 0 Å². The maximum absolute atomic E-state index is 5.03. The molecule has 3 heteroatoms. The zero-order valence-electron chi connectivity index (χ0n) is 23.6. The summed E-state index contributed by atoms with van der Waals surface area (Å²) in [7, 11) is 0. The summed E-state index contributed by atoms with van der Waals surface area (Å²) in [6.07, 6.45) is 0. The van der Waals surface area contributed by atoms with Crippen LogP contribution in [0.1, 0.15) is 25.1 Å². The molecule has 0 atom stereocenters. The van der Waals surface area contributed by atoms with Gasteiger partial charge in [-0.1, -0.05) is 117 Å². The van der Waals surface area contributed by atoms with Crippen LogP contribution in [0.25, 0.3) is 61.6 Å². The van der Waals surface area contributed by atoms with Gasteiger partial charge in [0.05, 0.1) is 16.9 Å². The molecule has 8 rings (SSSR count). The average Bonchev–Trinajstić information content (AvgIpc) is 3.52. The van der Waals surface area contributed by atoms with Gasteiger partial charge in [0.2, 0.25) is 0 Å². The summed E-state index contributed by atoms with van der Waals surface area (Å²) in [5.41, 5.74) is 12.6. The fourth-order valence-corrected chi connectivity index (χ4v) is 6.60. The van der Waals surface area contributed by atoms with E-state index in [2.05, 4.69) is 122 Å². The van der Waals surface area contributed by atoms with Crippen molar-refractivity contribution in [1.29, 1.82) is 0 Å². The smallest absolute Gasteiger partial charge is 0.160 e. The number of rotatable bonds is 4. The Bertz CT molecular complexity index is 2030. The monoisotopic (exact) mass is 539 g/mol. The topological polar surface area (TPSA) is 30.7 Å². The molecular formula is C39H29N3. The molecule has 5 aromatic carbocycles. The molecule has 1 aliphatic carbocycles. The minimum Gasteiger partial charge on any atom is -0.312 e. The van der Waals surface area contributed by atoms with Crippen molar-refractivity contribution < 1.29 is 0 Å². The summed E-state index contributed by atoms with van der Waals surface area (Å²) in [5, 5.41) is 1.29. The SMILES string of the molecule is CC1(C)c2ccccc2-c2c1n(-c1ccc(-c3nc(-c4ccccc4)cc(-c4ccccc4)n3)cc1)c1ccccc21. The lowest BCUT2D eigenvalue weighted by molar-refractivity contribution is 0.624. The van der Waals surface area contributed by atoms with E-state index in [4.69, 9.17) is 9.97 Å². The molecule has 0 bridgehead atoms. The van der Waals surface area contributed by atoms with Crippen molar-refractivity contribution in [3.05, 3.63) is 151 Å². The van der Waals surface area contributed by atoms with Crippen LogP contribution in [-0.2, 0) is 5.41 Å². The first-order valence-corrected chi connectivity index (χ1v) is 14.4. The van der Waals surface area contributed by atoms with Crippen molar-refractivity contribution in [3.8, 4) is 50.7 Å². The third-order valence-electron chi connectivity index (χ3n) is 8.59. The predicted molar refractivity (Wildman–Crippen MR) is 173 cm³/mol. The van der Waals surface area contributed by atoms with Gasteiger partial charge in [-0.05, 0) is 47.5 Å². The predicted octanol–water partition coefficient (Wildman–Crippen LogP) is 9.73. The van der Waals surface area contributed by atoms with Gasteiger partial charge < -0.3 is 4.57 Å². The molecule has 0 radical (unpaired) electrons. The molecule has 200 valence electrons. The first kappa shape index (κ1) is 24.5. The van der Waals surface area contributed by atoms with Gasteiger partial charge in [0.15, 0.2) is 5.82 Å². The molecule has 1 aliphatic rings. The molecule has 7 aromatic rings. The minimum atomic E-state index is -0.124. The fourth-order valence-electron chi connectivity index (χ4n) is 6.60. The second-order valence-electron chi connectivity index (χ2n) is 11.5. The summed E-state index contributed by atoms with van der Waals surface area (Å²) in [5.74, 6) is 0.720. The van der Waals surface area contributed by atoms with Crippen LogP contribution in [0.15, 0.2) is 140 Å². The maximum Gasteiger partial charge on any atom is 0.160 e. The Labute approximate surface area is 245 Å². The first-order chi connectivity index (χ1) is 20.6. The highest BCUT2D eigenvalue weighted by Crippen LogP contribution is 2.53. The summed E-state index contributed by atoms with van der Waals surface area (Å²) in [4.78, 5) is 10.1. The lowest BCUT2D eigenvalue weighted by atomic mass is 9.85. The molecular weight excluding hydrogens is 510 g/mol. The van der Waals surface area contributed by atoms with E-state index in [1.165, 1.54) is 33.3 Å². The van der Waals surface area contributed by atoms with E-state index in [0.717, 1.165) is 39.6 Å². The van der Waals surface area contributed by atoms with Crippen molar-refractivity contribution in [1.82, 2.24) is 14.5 Å². The Kier molecular flexibility index (Phi) is 5.48. The Morgan fingerprint density at radius 1 is 0.548 bits per heavy atom. The van der Waals surface area contributed by atoms with Gasteiger partial charge in [-0.3, -0.25) is 0 Å². The normalized spacial score (nSPS) is 13.2. The lowest BCUT2D eigenvalue weighted by Gasteiger charge is -2.24. The first-order valence-electron chi connectivity index (χ1n) is 14.4. The summed E-state index contributed by atoms with van der Waals surface area (Å²) >= 11 is 0. The van der Waals surface area contributed by atoms with Crippen LogP contribution >= 0.6 is 0 Å². The molecule has 0 spiro atoms. The van der Waals surface area contributed by atoms with E-state index >= 15 is 0 Å². The van der Waals surface area contributed by atoms with Crippen LogP contribution < -0.4 is 0 Å². The molecule has 2 heterocycles. The summed E-state index contributed by atoms with van der Waals surface area (Å²) < 4.78 is 2.45. The number of aromatic nitrogens is 3. The third kappa shape index (κ3) is 3.74. The van der Waals surface area contributed by atoms with Crippen molar-refractivity contribution in [3.63, 3.8) is 0 Å². The van der Waals surface area contributed by atoms with Gasteiger partial charge in [-0.25, -0.2) is 9.97 Å². The van der Waals surface area contributed by atoms with Crippen molar-refractivity contribution in [2.24, 2.45) is 0 Å². The van der Waals surface area contributed by atoms with Crippen LogP contribution in [0.5, 0.6) is 0 Å². The van der Waals surface area contributed by atoms with Crippen LogP contribution in [0, 0.1) is 0 Å². The highest BCUT2D eigenvalue weighted by atomic mass is 15.0. The molecule has 3 nitrogen and oxygen atoms in total. The number of benzene rings is 5. The molecule has 0 saturated heterocycles. The molecule has 0 fully saturated rings. The number of para-hydroxylation sites is 1. The molecule has 0 amide bonds. The molecule has 42 heavy (non-hydrogen) atoms. The standard InChI is InChI=1S/C39H29N3/c1-39(2)32-19-11-9-17-30(32)36-31-18-10-12-20-35(31)42(37(36)39)29-23-21-28(22-24-29)38-40-33(26-13-5-3-6-14-26)25-34(41-38)27-15-7-4-8-16-27/h3-25H,1-2H3. The molecule has 0 aliphatic heterocycles. The second-order valence-corrected chi connectivity index (χ2v) is 11.5. The zero-order valence-corrected chi connectivity index (χ0v) is 23.6. The van der Waals surface area contributed by atoms with E-state index in [0.29, 0.717) is 0 Å². The quantitative estimate of drug-likeness (QED) is 0.223. The fraction of sp³-hybridized carbons (Fsp3) is 0.0769. The van der Waals surface area contributed by atoms with Gasteiger partial charge in [-0.15, -0.1) is 0 Å². The lowest BCUT2D eigenvalue weighted by Crippen LogP contribution is -2.19. The Morgan fingerprint density at radius 3 is 1.79 bits per heavy atom. The van der Waals surface area contributed by atoms with Crippen LogP contribution in [0.4, 0.5) is 0 Å². The summed E-state index contributed by atoms with van der Waals surface area (Å²) in [6.45, 7) is 4.69. The van der Waals surface area contributed by atoms with Crippen molar-refractivity contribution >= 4 is 10.9 Å². The van der Waals surface area contributed by atoms with E-state index in [1.807, 2.05) is 36.4 Å². The number of hydrogen-bond donors (Lipinski definition) is 0. The number of nitrogens with zero attached hydrogens (tertiary/aromatic N) is 3. The number of hydrogen-bond acceptors (Lipinski definition) is 2. The highest BCUT2D eigenvalue weighted by Gasteiger charge is 2.40. The summed E-state index contributed by atoms with van der Waals surface area (Å²) in [6, 6.07) is 49.1. The maximum atomic E-state index is 5.03. The Morgan fingerprint density at radius 2 is 1.12 bits per heavy atom. The molecule has 0 N–H and O–H groups in total. The molecule has 0 unspecified atom stereocenters. The van der Waals surface area contributed by atoms with Crippen molar-refractivity contribution in [2.75, 3.05) is 0 Å². The average molecular weight is 540 g/mol. The molecule has 2 aromatic heterocycles. The van der Waals surface area contributed by atoms with Crippen LogP contribution in [-0.4, -0.2) is 14.5 Å². The van der Waals surface area contributed by atoms with E-state index in [-0.39, 0.29) is 5.41 Å². The van der Waals surface area contributed by atoms with Crippen molar-refractivity contribution in [2.45, 2.75) is 19.3 Å². The van der Waals surface area contributed by atoms with Gasteiger partial charge in [0.1, 0.15) is 0 Å². The second kappa shape index (κ2) is 9.39. The van der Waals surface area contributed by atoms with E-state index in [1.54, 1.807) is 0 Å². The van der Waals surface area contributed by atoms with Crippen LogP contribution in [0.2, 0.25) is 0 Å². The Hall–Kier alpha value is -5.28. The number of fused-ring (bicyclic) bond motifs is 5. The van der Waals surface area contributed by atoms with Gasteiger partial charge in [0.25, 0.3) is 0 Å². The van der Waals surface area contributed by atoms with Gasteiger partial charge in [-0.2, -0.15) is 0 Å². The molecule has 0 saturated carbocycles. The minimum absolute atomic E-state index is 0.124. The van der Waals surface area contributed by atoms with Crippen LogP contribution in [0.3, 0.4) is 0 Å². The zero-order chi connectivity index (χ0) is 28.3. The van der Waals surface area contributed by atoms with Gasteiger partial charge >= 0.3 is 0 Å². The van der Waals surface area contributed by atoms with Gasteiger partial charge in [0, 0.05) is 44.4 Å². The highest BCUT2D eigenvalue weighted by molar-refractivity contribution is 6.03. The Balaban J connectivity index is 1.28. The largest absolute Gasteiger partial charge is 0.312 e. The third-order valence-corrected chi connectivity index (χ3v) is 8.59. The van der Waals surface area contributed by atoms with E-state index in [9.17, 15) is 0 Å².